The Morgan fingerprint density at radius 1 is 0.897 bits per heavy atom. The number of carbonyl (C=O) groups is 2. The number of fused-ring (bicyclic) bond motifs is 7. The summed E-state index contributed by atoms with van der Waals surface area (Å²) in [5, 5.41) is 10.8. The minimum Gasteiger partial charge on any atom is -0.481 e. The number of aliphatic carboxylic acids is 1. The molecule has 39 heavy (non-hydrogen) atoms. The molecule has 0 saturated heterocycles. The Hall–Kier alpha value is -1.58. The van der Waals surface area contributed by atoms with E-state index in [1.165, 1.54) is 12.5 Å². The molecule has 0 aromatic carbocycles. The van der Waals surface area contributed by atoms with Gasteiger partial charge in [0.2, 0.25) is 0 Å². The van der Waals surface area contributed by atoms with Gasteiger partial charge in [-0.2, -0.15) is 0 Å². The standard InChI is InChI=1S/C35H54O4/c1-11-35-21-18-31(8)24(32(35,9)15-14-26(29(35,5)6)39-23(2)36)12-13-25-30(31,7)17-20-34(27(37)38)19-16-28(3,4)22-33(25,34)10/h11,13,24,26H,1,12,14-22H2,2-10H3,(H,37,38)/t24?,26-,30+,31+,32+,33-,34+,35-/m0/s1. The van der Waals surface area contributed by atoms with Crippen molar-refractivity contribution in [3.8, 4) is 0 Å². The molecule has 0 spiro atoms. The fraction of sp³-hybridized carbons (Fsp3) is 0.829. The van der Waals surface area contributed by atoms with Crippen LogP contribution in [0.4, 0.5) is 0 Å². The summed E-state index contributed by atoms with van der Waals surface area (Å²) in [6.45, 7) is 25.2. The number of esters is 1. The Kier molecular flexibility index (Phi) is 6.12. The van der Waals surface area contributed by atoms with Gasteiger partial charge in [0.1, 0.15) is 6.10 Å². The Labute approximate surface area is 237 Å². The van der Waals surface area contributed by atoms with Crippen LogP contribution >= 0.6 is 0 Å². The zero-order chi connectivity index (χ0) is 29.1. The molecular weight excluding hydrogens is 484 g/mol. The van der Waals surface area contributed by atoms with Crippen LogP contribution in [0.1, 0.15) is 127 Å². The molecule has 4 heteroatoms. The predicted octanol–water partition coefficient (Wildman–Crippen LogP) is 8.75. The lowest BCUT2D eigenvalue weighted by molar-refractivity contribution is -0.245. The quantitative estimate of drug-likeness (QED) is 0.288. The van der Waals surface area contributed by atoms with Crippen molar-refractivity contribution in [3.63, 3.8) is 0 Å². The van der Waals surface area contributed by atoms with Crippen molar-refractivity contribution in [2.75, 3.05) is 0 Å². The molecule has 0 aromatic rings. The first-order chi connectivity index (χ1) is 17.8. The molecule has 0 amide bonds. The van der Waals surface area contributed by atoms with Gasteiger partial charge in [-0.05, 0) is 91.8 Å². The number of allylic oxidation sites excluding steroid dienone is 3. The van der Waals surface area contributed by atoms with E-state index in [1.807, 2.05) is 0 Å². The van der Waals surface area contributed by atoms with Gasteiger partial charge in [0.05, 0.1) is 5.41 Å². The van der Waals surface area contributed by atoms with Crippen LogP contribution in [0.25, 0.3) is 0 Å². The Bertz CT molecular complexity index is 1130. The first-order valence-corrected chi connectivity index (χ1v) is 15.6. The van der Waals surface area contributed by atoms with E-state index in [0.717, 1.165) is 64.2 Å². The van der Waals surface area contributed by atoms with Crippen LogP contribution in [0.15, 0.2) is 24.3 Å². The molecule has 8 atom stereocenters. The summed E-state index contributed by atoms with van der Waals surface area (Å²) in [4.78, 5) is 25.2. The van der Waals surface area contributed by atoms with Crippen molar-refractivity contribution in [1.29, 1.82) is 0 Å². The van der Waals surface area contributed by atoms with E-state index in [9.17, 15) is 14.7 Å². The Balaban J connectivity index is 1.65. The van der Waals surface area contributed by atoms with Gasteiger partial charge in [-0.15, -0.1) is 6.58 Å². The molecule has 1 N–H and O–H groups in total. The molecule has 0 heterocycles. The number of hydrogen-bond donors (Lipinski definition) is 1. The molecule has 4 fully saturated rings. The molecule has 0 bridgehead atoms. The number of carbonyl (C=O) groups excluding carboxylic acids is 1. The minimum absolute atomic E-state index is 0.0149. The lowest BCUT2D eigenvalue weighted by Gasteiger charge is -2.75. The predicted molar refractivity (Wildman–Crippen MR) is 156 cm³/mol. The molecule has 0 radical (unpaired) electrons. The maximum absolute atomic E-state index is 13.1. The van der Waals surface area contributed by atoms with E-state index in [0.29, 0.717) is 5.92 Å². The van der Waals surface area contributed by atoms with Crippen molar-refractivity contribution >= 4 is 11.9 Å². The molecular formula is C35H54O4. The third-order valence-electron chi connectivity index (χ3n) is 14.7. The summed E-state index contributed by atoms with van der Waals surface area (Å²) in [5.41, 5.74) is 0.290. The molecule has 4 nitrogen and oxygen atoms in total. The highest BCUT2D eigenvalue weighted by Gasteiger charge is 2.75. The van der Waals surface area contributed by atoms with E-state index >= 15 is 0 Å². The summed E-state index contributed by atoms with van der Waals surface area (Å²) in [6, 6.07) is 0. The minimum atomic E-state index is -0.662. The number of ether oxygens (including phenoxy) is 1. The Morgan fingerprint density at radius 3 is 2.13 bits per heavy atom. The van der Waals surface area contributed by atoms with Gasteiger partial charge in [0.15, 0.2) is 0 Å². The summed E-state index contributed by atoms with van der Waals surface area (Å²) in [6.07, 6.45) is 14.1. The van der Waals surface area contributed by atoms with Crippen LogP contribution in [0.3, 0.4) is 0 Å². The normalized spacial score (nSPS) is 49.7. The molecule has 5 aliphatic rings. The van der Waals surface area contributed by atoms with Gasteiger partial charge in [0, 0.05) is 23.2 Å². The molecule has 4 saturated carbocycles. The molecule has 5 aliphatic carbocycles. The fourth-order valence-corrected chi connectivity index (χ4v) is 12.4. The van der Waals surface area contributed by atoms with Crippen LogP contribution in [0.2, 0.25) is 0 Å². The third kappa shape index (κ3) is 3.24. The first-order valence-electron chi connectivity index (χ1n) is 15.6. The fourth-order valence-electron chi connectivity index (χ4n) is 12.4. The van der Waals surface area contributed by atoms with Crippen LogP contribution < -0.4 is 0 Å². The molecule has 0 aliphatic heterocycles. The highest BCUT2D eigenvalue weighted by atomic mass is 16.5. The second kappa shape index (κ2) is 8.25. The number of rotatable bonds is 3. The van der Waals surface area contributed by atoms with Gasteiger partial charge in [-0.3, -0.25) is 9.59 Å². The van der Waals surface area contributed by atoms with Crippen LogP contribution in [0, 0.1) is 49.2 Å². The smallest absolute Gasteiger partial charge is 0.310 e. The van der Waals surface area contributed by atoms with Crippen molar-refractivity contribution < 1.29 is 19.4 Å². The van der Waals surface area contributed by atoms with Gasteiger partial charge in [0.25, 0.3) is 0 Å². The second-order valence-electron chi connectivity index (χ2n) is 16.7. The highest BCUT2D eigenvalue weighted by molar-refractivity contribution is 5.78. The van der Waals surface area contributed by atoms with Gasteiger partial charge < -0.3 is 9.84 Å². The summed E-state index contributed by atoms with van der Waals surface area (Å²) < 4.78 is 5.97. The van der Waals surface area contributed by atoms with Gasteiger partial charge in [-0.1, -0.05) is 73.1 Å². The van der Waals surface area contributed by atoms with Crippen LogP contribution in [0.5, 0.6) is 0 Å². The zero-order valence-corrected chi connectivity index (χ0v) is 26.3. The average molecular weight is 539 g/mol. The Morgan fingerprint density at radius 2 is 1.54 bits per heavy atom. The topological polar surface area (TPSA) is 63.6 Å². The maximum atomic E-state index is 13.1. The summed E-state index contributed by atoms with van der Waals surface area (Å²) in [5.74, 6) is -0.315. The summed E-state index contributed by atoms with van der Waals surface area (Å²) >= 11 is 0. The first kappa shape index (κ1) is 28.9. The van der Waals surface area contributed by atoms with Gasteiger partial charge >= 0.3 is 11.9 Å². The van der Waals surface area contributed by atoms with Crippen molar-refractivity contribution in [3.05, 3.63) is 24.3 Å². The third-order valence-corrected chi connectivity index (χ3v) is 14.7. The molecule has 0 aromatic heterocycles. The molecule has 5 rings (SSSR count). The monoisotopic (exact) mass is 538 g/mol. The van der Waals surface area contributed by atoms with E-state index in [-0.39, 0.29) is 50.0 Å². The van der Waals surface area contributed by atoms with Crippen LogP contribution in [-0.2, 0) is 14.3 Å². The van der Waals surface area contributed by atoms with E-state index in [2.05, 4.69) is 74.1 Å². The van der Waals surface area contributed by atoms with Gasteiger partial charge in [-0.25, -0.2) is 0 Å². The van der Waals surface area contributed by atoms with E-state index < -0.39 is 11.4 Å². The lowest BCUT2D eigenvalue weighted by Crippen LogP contribution is -2.70. The summed E-state index contributed by atoms with van der Waals surface area (Å²) in [7, 11) is 0. The highest BCUT2D eigenvalue weighted by Crippen LogP contribution is 2.80. The number of hydrogen-bond acceptors (Lipinski definition) is 3. The molecule has 1 unspecified atom stereocenters. The van der Waals surface area contributed by atoms with Crippen molar-refractivity contribution in [1.82, 2.24) is 0 Å². The van der Waals surface area contributed by atoms with E-state index in [1.54, 1.807) is 0 Å². The van der Waals surface area contributed by atoms with Crippen molar-refractivity contribution in [2.24, 2.45) is 49.2 Å². The molecule has 218 valence electrons. The maximum Gasteiger partial charge on any atom is 0.310 e. The second-order valence-corrected chi connectivity index (χ2v) is 16.7. The number of carboxylic acid groups (broad SMARTS) is 1. The number of carboxylic acids is 1. The lowest BCUT2D eigenvalue weighted by atomic mass is 9.28. The van der Waals surface area contributed by atoms with E-state index in [4.69, 9.17) is 4.74 Å². The SMILES string of the molecule is C=C[C@@]12CC[C@]3(C)C(CC=C4[C@]5(C)CC(C)(C)CC[C@]5(C(=O)O)CC[C@]43C)[C@@]1(C)CC[C@H](OC(C)=O)C2(C)C. The van der Waals surface area contributed by atoms with Crippen molar-refractivity contribution in [2.45, 2.75) is 133 Å². The largest absolute Gasteiger partial charge is 0.481 e. The zero-order valence-electron chi connectivity index (χ0n) is 26.3. The average Bonchev–Trinajstić information content (AvgIpc) is 2.81. The van der Waals surface area contributed by atoms with Crippen LogP contribution in [-0.4, -0.2) is 23.1 Å².